The van der Waals surface area contributed by atoms with E-state index in [1.54, 1.807) is 6.08 Å². The average Bonchev–Trinajstić information content (AvgIpc) is 2.34. The molecular formula is C14H16BrNO4. The van der Waals surface area contributed by atoms with Crippen molar-refractivity contribution < 1.29 is 19.8 Å². The number of aliphatic hydroxyl groups excluding tert-OH is 1. The molecule has 5 nitrogen and oxygen atoms in total. The Morgan fingerprint density at radius 3 is 2.55 bits per heavy atom. The molecule has 3 N–H and O–H groups in total. The first-order valence-electron chi connectivity index (χ1n) is 5.97. The highest BCUT2D eigenvalue weighted by atomic mass is 79.9. The van der Waals surface area contributed by atoms with Crippen LogP contribution in [0.1, 0.15) is 18.1 Å². The number of aryl methyl sites for hydroxylation is 1. The van der Waals surface area contributed by atoms with E-state index in [1.807, 2.05) is 25.1 Å². The molecule has 0 aliphatic rings. The van der Waals surface area contributed by atoms with Gasteiger partial charge in [0, 0.05) is 10.5 Å². The summed E-state index contributed by atoms with van der Waals surface area (Å²) < 4.78 is 0.840. The van der Waals surface area contributed by atoms with Gasteiger partial charge in [0.1, 0.15) is 0 Å². The SMILES string of the molecule is Cc1ccc(/C=C/C(=O)N[C@H](C(=O)O)[C@@H](C)O)c(Br)c1. The van der Waals surface area contributed by atoms with Gasteiger partial charge in [-0.2, -0.15) is 0 Å². The van der Waals surface area contributed by atoms with Gasteiger partial charge in [-0.25, -0.2) is 4.79 Å². The molecule has 0 radical (unpaired) electrons. The average molecular weight is 342 g/mol. The maximum atomic E-state index is 11.6. The zero-order valence-corrected chi connectivity index (χ0v) is 12.7. The Kier molecular flexibility index (Phi) is 5.91. The number of aliphatic hydroxyl groups is 1. The molecule has 0 aromatic heterocycles. The van der Waals surface area contributed by atoms with Crippen LogP contribution >= 0.6 is 15.9 Å². The standard InChI is InChI=1S/C14H16BrNO4/c1-8-3-4-10(11(15)7-8)5-6-12(18)16-13(9(2)17)14(19)20/h3-7,9,13,17H,1-2H3,(H,16,18)(H,19,20)/b6-5+/t9-,13+/m1/s1. The lowest BCUT2D eigenvalue weighted by Gasteiger charge is -2.15. The van der Waals surface area contributed by atoms with Gasteiger partial charge in [-0.05, 0) is 37.1 Å². The van der Waals surface area contributed by atoms with Crippen molar-refractivity contribution in [1.29, 1.82) is 0 Å². The van der Waals surface area contributed by atoms with Crippen molar-refractivity contribution in [2.75, 3.05) is 0 Å². The molecule has 6 heteroatoms. The first kappa shape index (κ1) is 16.4. The fourth-order valence-electron chi connectivity index (χ4n) is 1.52. The summed E-state index contributed by atoms with van der Waals surface area (Å²) >= 11 is 3.38. The van der Waals surface area contributed by atoms with Crippen molar-refractivity contribution in [3.05, 3.63) is 39.9 Å². The van der Waals surface area contributed by atoms with Crippen molar-refractivity contribution in [2.24, 2.45) is 0 Å². The van der Waals surface area contributed by atoms with Gasteiger partial charge >= 0.3 is 5.97 Å². The normalized spacial score (nSPS) is 14.0. The highest BCUT2D eigenvalue weighted by Gasteiger charge is 2.23. The minimum Gasteiger partial charge on any atom is -0.480 e. The second-order valence-corrected chi connectivity index (χ2v) is 5.28. The van der Waals surface area contributed by atoms with E-state index < -0.39 is 24.0 Å². The number of halogens is 1. The van der Waals surface area contributed by atoms with Crippen LogP contribution in [-0.4, -0.2) is 34.2 Å². The van der Waals surface area contributed by atoms with Crippen molar-refractivity contribution in [3.63, 3.8) is 0 Å². The summed E-state index contributed by atoms with van der Waals surface area (Å²) in [5, 5.41) is 20.3. The van der Waals surface area contributed by atoms with E-state index in [2.05, 4.69) is 21.2 Å². The fourth-order valence-corrected chi connectivity index (χ4v) is 2.15. The highest BCUT2D eigenvalue weighted by Crippen LogP contribution is 2.19. The molecule has 2 atom stereocenters. The minimum atomic E-state index is -1.33. The number of aliphatic carboxylic acids is 1. The molecule has 1 rings (SSSR count). The van der Waals surface area contributed by atoms with Gasteiger partial charge in [0.15, 0.2) is 6.04 Å². The fraction of sp³-hybridized carbons (Fsp3) is 0.286. The third kappa shape index (κ3) is 4.79. The molecular weight excluding hydrogens is 326 g/mol. The molecule has 1 aromatic carbocycles. The summed E-state index contributed by atoms with van der Waals surface area (Å²) in [6.45, 7) is 3.25. The Hall–Kier alpha value is -1.66. The van der Waals surface area contributed by atoms with Gasteiger partial charge in [-0.3, -0.25) is 4.79 Å². The molecule has 108 valence electrons. The number of carbonyl (C=O) groups excluding carboxylic acids is 1. The highest BCUT2D eigenvalue weighted by molar-refractivity contribution is 9.10. The van der Waals surface area contributed by atoms with Gasteiger partial charge in [0.05, 0.1) is 6.10 Å². The minimum absolute atomic E-state index is 0.578. The van der Waals surface area contributed by atoms with Crippen molar-refractivity contribution >= 4 is 33.9 Å². The molecule has 0 saturated heterocycles. The number of carboxylic acid groups (broad SMARTS) is 1. The van der Waals surface area contributed by atoms with Crippen LogP contribution in [0.3, 0.4) is 0 Å². The summed E-state index contributed by atoms with van der Waals surface area (Å²) in [5.74, 6) is -1.86. The Morgan fingerprint density at radius 1 is 1.40 bits per heavy atom. The monoisotopic (exact) mass is 341 g/mol. The lowest BCUT2D eigenvalue weighted by molar-refractivity contribution is -0.144. The molecule has 0 spiro atoms. The van der Waals surface area contributed by atoms with Crippen LogP contribution < -0.4 is 5.32 Å². The van der Waals surface area contributed by atoms with Crippen LogP contribution in [0.4, 0.5) is 0 Å². The van der Waals surface area contributed by atoms with E-state index >= 15 is 0 Å². The lowest BCUT2D eigenvalue weighted by Crippen LogP contribution is -2.47. The number of carboxylic acids is 1. The van der Waals surface area contributed by atoms with Gasteiger partial charge in [0.2, 0.25) is 5.91 Å². The van der Waals surface area contributed by atoms with Crippen molar-refractivity contribution in [2.45, 2.75) is 26.0 Å². The Balaban J connectivity index is 2.75. The second-order valence-electron chi connectivity index (χ2n) is 4.42. The van der Waals surface area contributed by atoms with E-state index in [9.17, 15) is 14.7 Å². The van der Waals surface area contributed by atoms with E-state index in [-0.39, 0.29) is 0 Å². The van der Waals surface area contributed by atoms with Gasteiger partial charge in [-0.15, -0.1) is 0 Å². The Morgan fingerprint density at radius 2 is 2.05 bits per heavy atom. The molecule has 1 amide bonds. The molecule has 0 fully saturated rings. The first-order chi connectivity index (χ1) is 9.31. The molecule has 0 heterocycles. The number of hydrogen-bond acceptors (Lipinski definition) is 3. The molecule has 0 saturated carbocycles. The molecule has 1 aromatic rings. The quantitative estimate of drug-likeness (QED) is 0.711. The number of rotatable bonds is 5. The first-order valence-corrected chi connectivity index (χ1v) is 6.76. The molecule has 0 aliphatic heterocycles. The molecule has 20 heavy (non-hydrogen) atoms. The van der Waals surface area contributed by atoms with Gasteiger partial charge in [-0.1, -0.05) is 28.1 Å². The summed E-state index contributed by atoms with van der Waals surface area (Å²) in [6, 6.07) is 4.33. The predicted octanol–water partition coefficient (Wildman–Crippen LogP) is 1.72. The second kappa shape index (κ2) is 7.21. The number of benzene rings is 1. The zero-order valence-electron chi connectivity index (χ0n) is 11.1. The summed E-state index contributed by atoms with van der Waals surface area (Å²) in [7, 11) is 0. The smallest absolute Gasteiger partial charge is 0.328 e. The zero-order chi connectivity index (χ0) is 15.3. The largest absolute Gasteiger partial charge is 0.480 e. The van der Waals surface area contributed by atoms with E-state index in [4.69, 9.17) is 5.11 Å². The Labute approximate surface area is 125 Å². The maximum absolute atomic E-state index is 11.6. The van der Waals surface area contributed by atoms with E-state index in [1.165, 1.54) is 13.0 Å². The summed E-state index contributed by atoms with van der Waals surface area (Å²) in [4.78, 5) is 22.5. The molecule has 0 aliphatic carbocycles. The number of nitrogens with one attached hydrogen (secondary N) is 1. The molecule has 0 unspecified atom stereocenters. The Bertz CT molecular complexity index is 540. The van der Waals surface area contributed by atoms with Crippen LogP contribution in [0.15, 0.2) is 28.7 Å². The number of amides is 1. The third-order valence-corrected chi connectivity index (χ3v) is 3.30. The third-order valence-electron chi connectivity index (χ3n) is 2.62. The van der Waals surface area contributed by atoms with Crippen LogP contribution in [0.2, 0.25) is 0 Å². The number of hydrogen-bond donors (Lipinski definition) is 3. The summed E-state index contributed by atoms with van der Waals surface area (Å²) in [6.07, 6.45) is 1.63. The van der Waals surface area contributed by atoms with Crippen LogP contribution in [0.25, 0.3) is 6.08 Å². The topological polar surface area (TPSA) is 86.6 Å². The number of carbonyl (C=O) groups is 2. The van der Waals surface area contributed by atoms with E-state index in [0.717, 1.165) is 15.6 Å². The van der Waals surface area contributed by atoms with Crippen LogP contribution in [-0.2, 0) is 9.59 Å². The van der Waals surface area contributed by atoms with Gasteiger partial charge < -0.3 is 15.5 Å². The molecule has 0 bridgehead atoms. The van der Waals surface area contributed by atoms with E-state index in [0.29, 0.717) is 0 Å². The van der Waals surface area contributed by atoms with Gasteiger partial charge in [0.25, 0.3) is 0 Å². The van der Waals surface area contributed by atoms with Crippen molar-refractivity contribution in [3.8, 4) is 0 Å². The summed E-state index contributed by atoms with van der Waals surface area (Å²) in [5.41, 5.74) is 1.88. The van der Waals surface area contributed by atoms with Crippen LogP contribution in [0.5, 0.6) is 0 Å². The van der Waals surface area contributed by atoms with Crippen LogP contribution in [0, 0.1) is 6.92 Å². The predicted molar refractivity (Wildman–Crippen MR) is 79.2 cm³/mol. The maximum Gasteiger partial charge on any atom is 0.328 e. The van der Waals surface area contributed by atoms with Crippen molar-refractivity contribution in [1.82, 2.24) is 5.32 Å². The lowest BCUT2D eigenvalue weighted by atomic mass is 10.1.